The molecule has 0 radical (unpaired) electrons. The molecule has 6 nitrogen and oxygen atoms in total. The van der Waals surface area contributed by atoms with Crippen molar-refractivity contribution in [1.29, 1.82) is 0 Å². The lowest BCUT2D eigenvalue weighted by Gasteiger charge is -2.33. The molecule has 1 fully saturated rings. The number of piperidine rings is 1. The highest BCUT2D eigenvalue weighted by Crippen LogP contribution is 2.20. The third-order valence-corrected chi connectivity index (χ3v) is 4.64. The molecule has 0 amide bonds. The monoisotopic (exact) mass is 346 g/mol. The van der Waals surface area contributed by atoms with E-state index in [-0.39, 0.29) is 0 Å². The zero-order valence-electron chi connectivity index (χ0n) is 14.6. The lowest BCUT2D eigenvalue weighted by molar-refractivity contribution is 0.521. The molecule has 3 heterocycles. The van der Waals surface area contributed by atoms with E-state index < -0.39 is 0 Å². The average Bonchev–Trinajstić information content (AvgIpc) is 2.70. The van der Waals surface area contributed by atoms with Crippen LogP contribution in [0.15, 0.2) is 60.9 Å². The summed E-state index contributed by atoms with van der Waals surface area (Å²) in [6.45, 7) is 1.94. The number of hydrogen-bond donors (Lipinski definition) is 1. The minimum absolute atomic E-state index is 0.425. The van der Waals surface area contributed by atoms with Gasteiger partial charge < -0.3 is 10.2 Å². The first kappa shape index (κ1) is 16.4. The Kier molecular flexibility index (Phi) is 5.00. The van der Waals surface area contributed by atoms with E-state index in [0.29, 0.717) is 6.04 Å². The predicted octanol–water partition coefficient (Wildman–Crippen LogP) is 2.94. The molecule has 0 unspecified atom stereocenters. The van der Waals surface area contributed by atoms with E-state index in [0.717, 1.165) is 49.8 Å². The lowest BCUT2D eigenvalue weighted by Crippen LogP contribution is -2.39. The Morgan fingerprint density at radius 2 is 1.81 bits per heavy atom. The molecule has 3 aromatic rings. The van der Waals surface area contributed by atoms with E-state index in [4.69, 9.17) is 4.98 Å². The summed E-state index contributed by atoms with van der Waals surface area (Å²) in [6.07, 6.45) is 6.42. The van der Waals surface area contributed by atoms with E-state index in [1.807, 2.05) is 42.6 Å². The molecule has 0 saturated carbocycles. The SMILES string of the molecule is c1ccc(Cc2nccc(N3CCC(Nc4cccnn4)CC3)n2)cc1. The molecule has 26 heavy (non-hydrogen) atoms. The number of nitrogens with one attached hydrogen (secondary N) is 1. The number of benzene rings is 1. The molecule has 1 aliphatic rings. The predicted molar refractivity (Wildman–Crippen MR) is 102 cm³/mol. The van der Waals surface area contributed by atoms with Crippen LogP contribution < -0.4 is 10.2 Å². The fraction of sp³-hybridized carbons (Fsp3) is 0.300. The summed E-state index contributed by atoms with van der Waals surface area (Å²) in [5, 5.41) is 11.5. The third kappa shape index (κ3) is 4.14. The van der Waals surface area contributed by atoms with Crippen LogP contribution in [0.1, 0.15) is 24.2 Å². The van der Waals surface area contributed by atoms with Gasteiger partial charge in [-0.05, 0) is 36.6 Å². The van der Waals surface area contributed by atoms with Crippen LogP contribution in [0.5, 0.6) is 0 Å². The summed E-state index contributed by atoms with van der Waals surface area (Å²) in [5.74, 6) is 2.73. The van der Waals surface area contributed by atoms with Crippen LogP contribution in [0.2, 0.25) is 0 Å². The molecule has 0 bridgehead atoms. The van der Waals surface area contributed by atoms with Crippen molar-refractivity contribution in [3.63, 3.8) is 0 Å². The van der Waals surface area contributed by atoms with Gasteiger partial charge in [-0.3, -0.25) is 0 Å². The zero-order valence-corrected chi connectivity index (χ0v) is 14.6. The Morgan fingerprint density at radius 1 is 0.962 bits per heavy atom. The summed E-state index contributed by atoms with van der Waals surface area (Å²) < 4.78 is 0. The van der Waals surface area contributed by atoms with Crippen molar-refractivity contribution in [2.24, 2.45) is 0 Å². The van der Waals surface area contributed by atoms with Crippen molar-refractivity contribution in [2.45, 2.75) is 25.3 Å². The zero-order chi connectivity index (χ0) is 17.6. The Morgan fingerprint density at radius 3 is 2.58 bits per heavy atom. The third-order valence-electron chi connectivity index (χ3n) is 4.64. The van der Waals surface area contributed by atoms with Gasteiger partial charge in [0.05, 0.1) is 0 Å². The van der Waals surface area contributed by atoms with E-state index in [1.165, 1.54) is 5.56 Å². The Bertz CT molecular complexity index is 816. The van der Waals surface area contributed by atoms with Gasteiger partial charge in [0.15, 0.2) is 0 Å². The number of nitrogens with zero attached hydrogens (tertiary/aromatic N) is 5. The smallest absolute Gasteiger partial charge is 0.148 e. The molecule has 1 N–H and O–H groups in total. The number of hydrogen-bond acceptors (Lipinski definition) is 6. The molecule has 1 saturated heterocycles. The van der Waals surface area contributed by atoms with Crippen LogP contribution in [0.25, 0.3) is 0 Å². The summed E-state index contributed by atoms with van der Waals surface area (Å²) in [7, 11) is 0. The molecule has 4 rings (SSSR count). The van der Waals surface area contributed by atoms with Gasteiger partial charge in [0.25, 0.3) is 0 Å². The van der Waals surface area contributed by atoms with Gasteiger partial charge in [-0.2, -0.15) is 5.10 Å². The maximum absolute atomic E-state index is 4.77. The molecule has 2 aromatic heterocycles. The first-order valence-corrected chi connectivity index (χ1v) is 9.02. The summed E-state index contributed by atoms with van der Waals surface area (Å²) in [6, 6.07) is 16.6. The van der Waals surface area contributed by atoms with Gasteiger partial charge in [0.2, 0.25) is 0 Å². The van der Waals surface area contributed by atoms with E-state index in [1.54, 1.807) is 6.20 Å². The number of rotatable bonds is 5. The molecule has 0 spiro atoms. The molecular weight excluding hydrogens is 324 g/mol. The fourth-order valence-electron chi connectivity index (χ4n) is 3.27. The quantitative estimate of drug-likeness (QED) is 0.766. The highest BCUT2D eigenvalue weighted by atomic mass is 15.2. The summed E-state index contributed by atoms with van der Waals surface area (Å²) in [4.78, 5) is 11.5. The second-order valence-corrected chi connectivity index (χ2v) is 6.51. The summed E-state index contributed by atoms with van der Waals surface area (Å²) >= 11 is 0. The standard InChI is InChI=1S/C20H22N6/c1-2-5-16(6-3-1)15-19-21-12-8-20(24-19)26-13-9-17(10-14-26)23-18-7-4-11-22-25-18/h1-8,11-12,17H,9-10,13-15H2,(H,23,25). The number of anilines is 2. The van der Waals surface area contributed by atoms with Crippen molar-refractivity contribution in [3.05, 3.63) is 72.3 Å². The maximum atomic E-state index is 4.77. The van der Waals surface area contributed by atoms with Crippen molar-refractivity contribution in [2.75, 3.05) is 23.3 Å². The molecular formula is C20H22N6. The Labute approximate surface area is 153 Å². The second kappa shape index (κ2) is 7.91. The fourth-order valence-corrected chi connectivity index (χ4v) is 3.27. The van der Waals surface area contributed by atoms with Crippen molar-refractivity contribution >= 4 is 11.6 Å². The highest BCUT2D eigenvalue weighted by Gasteiger charge is 2.20. The molecule has 1 aliphatic heterocycles. The van der Waals surface area contributed by atoms with Gasteiger partial charge in [-0.15, -0.1) is 5.10 Å². The normalized spacial score (nSPS) is 15.0. The van der Waals surface area contributed by atoms with Crippen LogP contribution in [0.4, 0.5) is 11.6 Å². The van der Waals surface area contributed by atoms with Gasteiger partial charge >= 0.3 is 0 Å². The van der Waals surface area contributed by atoms with Gasteiger partial charge in [0.1, 0.15) is 17.5 Å². The average molecular weight is 346 g/mol. The number of aromatic nitrogens is 4. The van der Waals surface area contributed by atoms with Crippen molar-refractivity contribution in [3.8, 4) is 0 Å². The van der Waals surface area contributed by atoms with Crippen LogP contribution in [0.3, 0.4) is 0 Å². The largest absolute Gasteiger partial charge is 0.366 e. The lowest BCUT2D eigenvalue weighted by atomic mass is 10.1. The molecule has 0 atom stereocenters. The second-order valence-electron chi connectivity index (χ2n) is 6.51. The van der Waals surface area contributed by atoms with Crippen LogP contribution in [-0.2, 0) is 6.42 Å². The highest BCUT2D eigenvalue weighted by molar-refractivity contribution is 5.40. The van der Waals surface area contributed by atoms with E-state index >= 15 is 0 Å². The Hall–Kier alpha value is -3.02. The summed E-state index contributed by atoms with van der Waals surface area (Å²) in [5.41, 5.74) is 1.23. The Balaban J connectivity index is 1.36. The topological polar surface area (TPSA) is 66.8 Å². The van der Waals surface area contributed by atoms with Gasteiger partial charge in [-0.1, -0.05) is 30.3 Å². The van der Waals surface area contributed by atoms with Crippen LogP contribution in [-0.4, -0.2) is 39.3 Å². The first-order valence-electron chi connectivity index (χ1n) is 9.02. The molecule has 0 aliphatic carbocycles. The van der Waals surface area contributed by atoms with E-state index in [9.17, 15) is 0 Å². The molecule has 6 heteroatoms. The van der Waals surface area contributed by atoms with Crippen LogP contribution >= 0.6 is 0 Å². The van der Waals surface area contributed by atoms with Crippen LogP contribution in [0, 0.1) is 0 Å². The molecule has 1 aromatic carbocycles. The minimum Gasteiger partial charge on any atom is -0.366 e. The van der Waals surface area contributed by atoms with Gasteiger partial charge in [-0.25, -0.2) is 9.97 Å². The first-order chi connectivity index (χ1) is 12.9. The van der Waals surface area contributed by atoms with Crippen molar-refractivity contribution in [1.82, 2.24) is 20.2 Å². The maximum Gasteiger partial charge on any atom is 0.148 e. The van der Waals surface area contributed by atoms with Gasteiger partial charge in [0, 0.05) is 37.9 Å². The van der Waals surface area contributed by atoms with Crippen molar-refractivity contribution < 1.29 is 0 Å². The minimum atomic E-state index is 0.425. The van der Waals surface area contributed by atoms with E-state index in [2.05, 4.69) is 37.5 Å². The molecule has 132 valence electrons.